The van der Waals surface area contributed by atoms with Crippen molar-refractivity contribution in [3.05, 3.63) is 53.3 Å². The number of nitrogens with one attached hydrogen (secondary N) is 3. The molecule has 4 amide bonds. The fourth-order valence-electron chi connectivity index (χ4n) is 3.09. The third kappa shape index (κ3) is 4.70. The number of hydrogen-bond donors (Lipinski definition) is 4. The Morgan fingerprint density at radius 1 is 1.11 bits per heavy atom. The average molecular weight is 385 g/mol. The Morgan fingerprint density at radius 3 is 2.32 bits per heavy atom. The van der Waals surface area contributed by atoms with Crippen molar-refractivity contribution in [1.82, 2.24) is 20.7 Å². The zero-order valence-corrected chi connectivity index (χ0v) is 16.6. The zero-order chi connectivity index (χ0) is 20.8. The molecule has 8 heteroatoms. The van der Waals surface area contributed by atoms with Crippen LogP contribution in [-0.4, -0.2) is 28.5 Å². The van der Waals surface area contributed by atoms with E-state index in [0.29, 0.717) is 12.0 Å². The van der Waals surface area contributed by atoms with Gasteiger partial charge in [-0.3, -0.25) is 20.4 Å². The lowest BCUT2D eigenvalue weighted by atomic mass is 9.99. The number of rotatable bonds is 6. The molecule has 2 aromatic rings. The molecule has 0 fully saturated rings. The van der Waals surface area contributed by atoms with Crippen molar-refractivity contribution in [2.75, 3.05) is 0 Å². The summed E-state index contributed by atoms with van der Waals surface area (Å²) in [5.74, 6) is -1.11. The van der Waals surface area contributed by atoms with E-state index in [1.807, 2.05) is 62.6 Å². The number of aromatic nitrogens is 1. The lowest BCUT2D eigenvalue weighted by Crippen LogP contribution is -2.55. The van der Waals surface area contributed by atoms with Gasteiger partial charge in [-0.15, -0.1) is 0 Å². The van der Waals surface area contributed by atoms with Gasteiger partial charge < -0.3 is 15.6 Å². The fraction of sp³-hybridized carbons (Fsp3) is 0.350. The van der Waals surface area contributed by atoms with Crippen LogP contribution in [0.2, 0.25) is 0 Å². The maximum atomic E-state index is 12.6. The van der Waals surface area contributed by atoms with Crippen LogP contribution in [0.5, 0.6) is 0 Å². The molecule has 0 radical (unpaired) electrons. The van der Waals surface area contributed by atoms with Crippen molar-refractivity contribution >= 4 is 17.8 Å². The molecule has 150 valence electrons. The van der Waals surface area contributed by atoms with Crippen molar-refractivity contribution in [1.29, 1.82) is 0 Å². The molecule has 1 aromatic heterocycles. The molecular formula is C20H27N5O3. The Bertz CT molecular complexity index is 860. The van der Waals surface area contributed by atoms with Gasteiger partial charge >= 0.3 is 6.03 Å². The van der Waals surface area contributed by atoms with E-state index in [2.05, 4.69) is 16.2 Å². The minimum absolute atomic E-state index is 0.146. The van der Waals surface area contributed by atoms with Crippen LogP contribution in [0.25, 0.3) is 5.69 Å². The third-order valence-electron chi connectivity index (χ3n) is 4.78. The predicted molar refractivity (Wildman–Crippen MR) is 107 cm³/mol. The van der Waals surface area contributed by atoms with Gasteiger partial charge in [-0.25, -0.2) is 4.79 Å². The van der Waals surface area contributed by atoms with E-state index in [4.69, 9.17) is 5.73 Å². The number of amides is 4. The summed E-state index contributed by atoms with van der Waals surface area (Å²) in [6.45, 7) is 7.46. The van der Waals surface area contributed by atoms with E-state index in [1.165, 1.54) is 0 Å². The number of hydrogen-bond acceptors (Lipinski definition) is 3. The first kappa shape index (κ1) is 21.0. The summed E-state index contributed by atoms with van der Waals surface area (Å²) in [6, 6.07) is 9.82. The van der Waals surface area contributed by atoms with Gasteiger partial charge in [0.25, 0.3) is 11.8 Å². The normalized spacial score (nSPS) is 12.7. The van der Waals surface area contributed by atoms with Crippen LogP contribution in [0.3, 0.4) is 0 Å². The average Bonchev–Trinajstić information content (AvgIpc) is 2.98. The first-order chi connectivity index (χ1) is 13.3. The molecule has 0 aliphatic carbocycles. The van der Waals surface area contributed by atoms with Crippen molar-refractivity contribution in [3.63, 3.8) is 0 Å². The van der Waals surface area contributed by atoms with E-state index in [9.17, 15) is 14.4 Å². The van der Waals surface area contributed by atoms with Crippen LogP contribution in [-0.2, 0) is 4.79 Å². The van der Waals surface area contributed by atoms with E-state index in [-0.39, 0.29) is 5.92 Å². The number of carbonyl (C=O) groups excluding carboxylic acids is 3. The summed E-state index contributed by atoms with van der Waals surface area (Å²) in [5.41, 5.74) is 13.0. The maximum absolute atomic E-state index is 12.6. The summed E-state index contributed by atoms with van der Waals surface area (Å²) in [6.07, 6.45) is 0.657. The molecule has 0 aliphatic rings. The van der Waals surface area contributed by atoms with Gasteiger partial charge in [0.2, 0.25) is 0 Å². The molecule has 2 unspecified atom stereocenters. The van der Waals surface area contributed by atoms with Crippen LogP contribution < -0.4 is 21.9 Å². The quantitative estimate of drug-likeness (QED) is 0.569. The van der Waals surface area contributed by atoms with Crippen molar-refractivity contribution in [2.45, 2.75) is 40.2 Å². The molecular weight excluding hydrogens is 358 g/mol. The number of nitrogens with two attached hydrogens (primary N) is 1. The SMILES string of the molecule is CCC(C)C(NC(N)=O)C(=O)NNC(=O)c1cc(C)n(-c2ccccc2)c1C. The Hall–Kier alpha value is -3.29. The third-order valence-corrected chi connectivity index (χ3v) is 4.78. The molecule has 2 rings (SSSR count). The van der Waals surface area contributed by atoms with Crippen LogP contribution in [0.4, 0.5) is 4.79 Å². The fourth-order valence-corrected chi connectivity index (χ4v) is 3.09. The number of carbonyl (C=O) groups is 3. The largest absolute Gasteiger partial charge is 0.352 e. The van der Waals surface area contributed by atoms with Gasteiger partial charge in [0, 0.05) is 17.1 Å². The zero-order valence-electron chi connectivity index (χ0n) is 16.6. The molecule has 0 saturated heterocycles. The van der Waals surface area contributed by atoms with E-state index in [0.717, 1.165) is 17.1 Å². The molecule has 0 bridgehead atoms. The van der Waals surface area contributed by atoms with Gasteiger partial charge in [0.05, 0.1) is 5.56 Å². The highest BCUT2D eigenvalue weighted by atomic mass is 16.2. The van der Waals surface area contributed by atoms with Gasteiger partial charge in [0.15, 0.2) is 0 Å². The topological polar surface area (TPSA) is 118 Å². The molecule has 0 saturated carbocycles. The highest BCUT2D eigenvalue weighted by Gasteiger charge is 2.26. The van der Waals surface area contributed by atoms with Crippen LogP contribution in [0.15, 0.2) is 36.4 Å². The van der Waals surface area contributed by atoms with Gasteiger partial charge in [-0.1, -0.05) is 38.5 Å². The van der Waals surface area contributed by atoms with Crippen molar-refractivity contribution in [3.8, 4) is 5.69 Å². The van der Waals surface area contributed by atoms with Crippen LogP contribution in [0, 0.1) is 19.8 Å². The number of urea groups is 1. The number of nitrogens with zero attached hydrogens (tertiary/aromatic N) is 1. The summed E-state index contributed by atoms with van der Waals surface area (Å²) in [4.78, 5) is 36.1. The molecule has 2 atom stereocenters. The first-order valence-corrected chi connectivity index (χ1v) is 9.16. The summed E-state index contributed by atoms with van der Waals surface area (Å²) >= 11 is 0. The number of aryl methyl sites for hydroxylation is 1. The molecule has 1 heterocycles. The summed E-state index contributed by atoms with van der Waals surface area (Å²) in [5, 5.41) is 2.41. The van der Waals surface area contributed by atoms with E-state index < -0.39 is 23.9 Å². The van der Waals surface area contributed by atoms with Crippen LogP contribution >= 0.6 is 0 Å². The van der Waals surface area contributed by atoms with Crippen LogP contribution in [0.1, 0.15) is 42.0 Å². The second-order valence-corrected chi connectivity index (χ2v) is 6.77. The molecule has 5 N–H and O–H groups in total. The monoisotopic (exact) mass is 385 g/mol. The standard InChI is InChI=1S/C20H27N5O3/c1-5-12(2)17(22-20(21)28)19(27)24-23-18(26)16-11-13(3)25(14(16)4)15-9-7-6-8-10-15/h6-12,17H,5H2,1-4H3,(H,23,26)(H,24,27)(H3,21,22,28). The van der Waals surface area contributed by atoms with Crippen molar-refractivity contribution < 1.29 is 14.4 Å². The Morgan fingerprint density at radius 2 is 1.75 bits per heavy atom. The predicted octanol–water partition coefficient (Wildman–Crippen LogP) is 1.94. The van der Waals surface area contributed by atoms with Gasteiger partial charge in [0.1, 0.15) is 6.04 Å². The van der Waals surface area contributed by atoms with Gasteiger partial charge in [-0.2, -0.15) is 0 Å². The Balaban J connectivity index is 2.13. The number of para-hydroxylation sites is 1. The Kier molecular flexibility index (Phi) is 6.81. The molecule has 28 heavy (non-hydrogen) atoms. The van der Waals surface area contributed by atoms with E-state index in [1.54, 1.807) is 6.07 Å². The highest BCUT2D eigenvalue weighted by Crippen LogP contribution is 2.20. The van der Waals surface area contributed by atoms with E-state index >= 15 is 0 Å². The minimum atomic E-state index is -0.834. The van der Waals surface area contributed by atoms with Crippen molar-refractivity contribution in [2.24, 2.45) is 11.7 Å². The smallest absolute Gasteiger partial charge is 0.312 e. The lowest BCUT2D eigenvalue weighted by molar-refractivity contribution is -0.124. The summed E-state index contributed by atoms with van der Waals surface area (Å²) < 4.78 is 1.97. The van der Waals surface area contributed by atoms with Gasteiger partial charge in [-0.05, 0) is 38.0 Å². The second kappa shape index (κ2) is 9.07. The maximum Gasteiger partial charge on any atom is 0.312 e. The first-order valence-electron chi connectivity index (χ1n) is 9.16. The lowest BCUT2D eigenvalue weighted by Gasteiger charge is -2.22. The molecule has 8 nitrogen and oxygen atoms in total. The Labute approximate surface area is 164 Å². The number of hydrazine groups is 1. The molecule has 0 aliphatic heterocycles. The molecule has 0 spiro atoms. The number of primary amides is 1. The molecule has 1 aromatic carbocycles. The highest BCUT2D eigenvalue weighted by molar-refractivity contribution is 5.97. The minimum Gasteiger partial charge on any atom is -0.352 e. The second-order valence-electron chi connectivity index (χ2n) is 6.77. The number of benzene rings is 1. The summed E-state index contributed by atoms with van der Waals surface area (Å²) in [7, 11) is 0.